The van der Waals surface area contributed by atoms with E-state index in [0.717, 1.165) is 5.56 Å². The highest BCUT2D eigenvalue weighted by Gasteiger charge is 2.32. The van der Waals surface area contributed by atoms with Crippen molar-refractivity contribution in [3.63, 3.8) is 0 Å². The van der Waals surface area contributed by atoms with Gasteiger partial charge in [0.25, 0.3) is 0 Å². The molecule has 0 amide bonds. The molecule has 2 rings (SSSR count). The van der Waals surface area contributed by atoms with Crippen LogP contribution in [0.1, 0.15) is 11.1 Å². The Labute approximate surface area is 116 Å². The van der Waals surface area contributed by atoms with Crippen molar-refractivity contribution in [1.29, 1.82) is 0 Å². The smallest absolute Gasteiger partial charge is 0.211 e. The van der Waals surface area contributed by atoms with E-state index in [2.05, 4.69) is 9.98 Å². The molecule has 0 aliphatic heterocycles. The van der Waals surface area contributed by atoms with Crippen LogP contribution >= 0.6 is 0 Å². The molecule has 20 heavy (non-hydrogen) atoms. The summed E-state index contributed by atoms with van der Waals surface area (Å²) >= 11 is 0. The Bertz CT molecular complexity index is 637. The van der Waals surface area contributed by atoms with Crippen molar-refractivity contribution in [1.82, 2.24) is 0 Å². The van der Waals surface area contributed by atoms with E-state index in [9.17, 15) is 9.59 Å². The van der Waals surface area contributed by atoms with Crippen molar-refractivity contribution in [3.05, 3.63) is 71.8 Å². The summed E-state index contributed by atoms with van der Waals surface area (Å²) in [7, 11) is 0. The highest BCUT2D eigenvalue weighted by atomic mass is 16.1. The third-order valence-electron chi connectivity index (χ3n) is 2.99. The largest absolute Gasteiger partial charge is 0.237 e. The predicted octanol–water partition coefficient (Wildman–Crippen LogP) is 2.75. The predicted molar refractivity (Wildman–Crippen MR) is 74.5 cm³/mol. The maximum Gasteiger partial charge on any atom is 0.237 e. The number of hydrogen-bond donors (Lipinski definition) is 0. The van der Waals surface area contributed by atoms with Gasteiger partial charge in [0, 0.05) is 12.0 Å². The Morgan fingerprint density at radius 3 is 1.80 bits per heavy atom. The molecule has 0 saturated heterocycles. The summed E-state index contributed by atoms with van der Waals surface area (Å²) in [5.74, 6) is 0. The van der Waals surface area contributed by atoms with Crippen LogP contribution in [-0.4, -0.2) is 12.2 Å². The third-order valence-corrected chi connectivity index (χ3v) is 2.99. The van der Waals surface area contributed by atoms with Crippen LogP contribution < -0.4 is 0 Å². The van der Waals surface area contributed by atoms with Gasteiger partial charge in [0.05, 0.1) is 0 Å². The van der Waals surface area contributed by atoms with Gasteiger partial charge in [0.1, 0.15) is 0 Å². The van der Waals surface area contributed by atoms with E-state index in [4.69, 9.17) is 0 Å². The molecule has 0 aliphatic carbocycles. The molecule has 0 fully saturated rings. The number of isocyanates is 2. The molecule has 0 atom stereocenters. The molecule has 4 nitrogen and oxygen atoms in total. The molecule has 0 unspecified atom stereocenters. The zero-order valence-electron chi connectivity index (χ0n) is 10.7. The van der Waals surface area contributed by atoms with E-state index in [1.54, 1.807) is 24.3 Å². The molecule has 4 heteroatoms. The number of aliphatic imine (C=N–C) groups is 2. The number of nitrogens with zero attached hydrogens (tertiary/aromatic N) is 2. The standard InChI is InChI=1S/C16H12N2O2/c19-12-17-16(18-13-20,15-9-5-2-6-10-15)11-14-7-3-1-4-8-14/h1-10H,11H2. The van der Waals surface area contributed by atoms with Gasteiger partial charge in [-0.3, -0.25) is 0 Å². The van der Waals surface area contributed by atoms with Gasteiger partial charge in [-0.1, -0.05) is 60.7 Å². The normalized spacial score (nSPS) is 12.6. The lowest BCUT2D eigenvalue weighted by atomic mass is 9.93. The maximum absolute atomic E-state index is 10.8. The quantitative estimate of drug-likeness (QED) is 0.616. The van der Waals surface area contributed by atoms with Gasteiger partial charge in [-0.15, -0.1) is 0 Å². The van der Waals surface area contributed by atoms with E-state index in [0.29, 0.717) is 12.0 Å². The second-order valence-electron chi connectivity index (χ2n) is 4.25. The first-order valence-corrected chi connectivity index (χ1v) is 6.08. The van der Waals surface area contributed by atoms with Crippen molar-refractivity contribution in [2.45, 2.75) is 12.1 Å². The molecule has 0 radical (unpaired) electrons. The molecular weight excluding hydrogens is 252 g/mol. The van der Waals surface area contributed by atoms with Crippen LogP contribution in [-0.2, 0) is 21.7 Å². The topological polar surface area (TPSA) is 58.9 Å². The van der Waals surface area contributed by atoms with Gasteiger partial charge in [-0.2, -0.15) is 9.98 Å². The minimum absolute atomic E-state index is 0.294. The van der Waals surface area contributed by atoms with Crippen LogP contribution in [0.5, 0.6) is 0 Å². The van der Waals surface area contributed by atoms with Crippen LogP contribution in [0.2, 0.25) is 0 Å². The van der Waals surface area contributed by atoms with E-state index in [-0.39, 0.29) is 0 Å². The highest BCUT2D eigenvalue weighted by molar-refractivity contribution is 5.43. The molecule has 0 bridgehead atoms. The van der Waals surface area contributed by atoms with Crippen molar-refractivity contribution in [2.24, 2.45) is 9.98 Å². The summed E-state index contributed by atoms with van der Waals surface area (Å²) < 4.78 is 0. The van der Waals surface area contributed by atoms with Crippen LogP contribution in [0.15, 0.2) is 70.6 Å². The zero-order chi connectivity index (χ0) is 14.3. The van der Waals surface area contributed by atoms with Gasteiger partial charge in [-0.05, 0) is 5.56 Å². The molecule has 2 aromatic rings. The Morgan fingerprint density at radius 1 is 0.800 bits per heavy atom. The first-order valence-electron chi connectivity index (χ1n) is 6.08. The van der Waals surface area contributed by atoms with E-state index >= 15 is 0 Å². The fraction of sp³-hybridized carbons (Fsp3) is 0.125. The fourth-order valence-electron chi connectivity index (χ4n) is 2.07. The number of benzene rings is 2. The monoisotopic (exact) mass is 264 g/mol. The number of hydrogen-bond acceptors (Lipinski definition) is 4. The summed E-state index contributed by atoms with van der Waals surface area (Å²) in [6, 6.07) is 18.4. The fourth-order valence-corrected chi connectivity index (χ4v) is 2.07. The first kappa shape index (κ1) is 13.6. The van der Waals surface area contributed by atoms with Crippen molar-refractivity contribution in [2.75, 3.05) is 0 Å². The lowest BCUT2D eigenvalue weighted by Crippen LogP contribution is -2.24. The van der Waals surface area contributed by atoms with Gasteiger partial charge in [-0.25, -0.2) is 9.59 Å². The van der Waals surface area contributed by atoms with Crippen molar-refractivity contribution < 1.29 is 9.59 Å². The second-order valence-corrected chi connectivity index (χ2v) is 4.25. The summed E-state index contributed by atoms with van der Waals surface area (Å²) in [6.45, 7) is 0. The number of rotatable bonds is 5. The van der Waals surface area contributed by atoms with Gasteiger partial charge in [0.15, 0.2) is 0 Å². The average molecular weight is 264 g/mol. The third kappa shape index (κ3) is 2.96. The van der Waals surface area contributed by atoms with E-state index in [1.165, 1.54) is 12.2 Å². The minimum atomic E-state index is -1.30. The minimum Gasteiger partial charge on any atom is -0.211 e. The van der Waals surface area contributed by atoms with Crippen LogP contribution in [0.3, 0.4) is 0 Å². The van der Waals surface area contributed by atoms with Crippen molar-refractivity contribution >= 4 is 12.2 Å². The SMILES string of the molecule is O=C=NC(Cc1ccccc1)(N=C=O)c1ccccc1. The molecule has 98 valence electrons. The van der Waals surface area contributed by atoms with E-state index < -0.39 is 5.66 Å². The molecule has 2 aromatic carbocycles. The average Bonchev–Trinajstić information content (AvgIpc) is 2.49. The zero-order valence-corrected chi connectivity index (χ0v) is 10.7. The molecule has 0 heterocycles. The Kier molecular flexibility index (Phi) is 4.35. The molecule has 0 aromatic heterocycles. The van der Waals surface area contributed by atoms with Crippen LogP contribution in [0.25, 0.3) is 0 Å². The van der Waals surface area contributed by atoms with Gasteiger partial charge < -0.3 is 0 Å². The Balaban J connectivity index is 2.53. The maximum atomic E-state index is 10.8. The second kappa shape index (κ2) is 6.39. The van der Waals surface area contributed by atoms with Crippen LogP contribution in [0, 0.1) is 0 Å². The highest BCUT2D eigenvalue weighted by Crippen LogP contribution is 2.31. The van der Waals surface area contributed by atoms with E-state index in [1.807, 2.05) is 36.4 Å². The van der Waals surface area contributed by atoms with Gasteiger partial charge in [0.2, 0.25) is 17.8 Å². The molecule has 0 spiro atoms. The number of carbonyl (C=O) groups excluding carboxylic acids is 2. The first-order chi connectivity index (χ1) is 9.80. The molecular formula is C16H12N2O2. The van der Waals surface area contributed by atoms with Crippen LogP contribution in [0.4, 0.5) is 0 Å². The lowest BCUT2D eigenvalue weighted by Gasteiger charge is -2.22. The Hall–Kier alpha value is -2.80. The Morgan fingerprint density at radius 2 is 1.30 bits per heavy atom. The lowest BCUT2D eigenvalue weighted by molar-refractivity contribution is 0.451. The summed E-state index contributed by atoms with van der Waals surface area (Å²) in [5, 5.41) is 0. The van der Waals surface area contributed by atoms with Gasteiger partial charge >= 0.3 is 0 Å². The summed E-state index contributed by atoms with van der Waals surface area (Å²) in [6.07, 6.45) is 3.32. The summed E-state index contributed by atoms with van der Waals surface area (Å²) in [4.78, 5) is 29.1. The van der Waals surface area contributed by atoms with Crippen molar-refractivity contribution in [3.8, 4) is 0 Å². The molecule has 0 saturated carbocycles. The molecule has 0 aliphatic rings. The summed E-state index contributed by atoms with van der Waals surface area (Å²) in [5.41, 5.74) is 0.261. The molecule has 0 N–H and O–H groups in total.